The first-order valence-corrected chi connectivity index (χ1v) is 4.90. The highest BCUT2D eigenvalue weighted by molar-refractivity contribution is 5.85. The zero-order valence-corrected chi connectivity index (χ0v) is 8.55. The summed E-state index contributed by atoms with van der Waals surface area (Å²) in [5.41, 5.74) is 2.91. The van der Waals surface area contributed by atoms with E-state index in [0.717, 1.165) is 22.9 Å². The third-order valence-corrected chi connectivity index (χ3v) is 2.21. The molecule has 0 amide bonds. The van der Waals surface area contributed by atoms with Crippen molar-refractivity contribution in [2.75, 3.05) is 0 Å². The third kappa shape index (κ3) is 2.39. The summed E-state index contributed by atoms with van der Waals surface area (Å²) < 4.78 is 0. The number of rotatable bonds is 3. The highest BCUT2D eigenvalue weighted by Crippen LogP contribution is 2.18. The van der Waals surface area contributed by atoms with Crippen LogP contribution in [0.15, 0.2) is 48.7 Å². The number of hydrogen-bond donors (Lipinski definition) is 2. The largest absolute Gasteiger partial charge is 0.478 e. The van der Waals surface area contributed by atoms with E-state index in [1.165, 1.54) is 0 Å². The lowest BCUT2D eigenvalue weighted by atomic mass is 10.1. The van der Waals surface area contributed by atoms with Crippen molar-refractivity contribution >= 4 is 12.0 Å². The lowest BCUT2D eigenvalue weighted by Crippen LogP contribution is -1.84. The maximum Gasteiger partial charge on any atom is 0.328 e. The SMILES string of the molecule is O=C(O)/C=C/c1c[nH]c(-c2ccccc2)c1. The minimum atomic E-state index is -0.942. The molecule has 0 aliphatic heterocycles. The maximum absolute atomic E-state index is 10.4. The number of aromatic nitrogens is 1. The molecule has 2 aromatic rings. The van der Waals surface area contributed by atoms with Crippen LogP contribution < -0.4 is 0 Å². The van der Waals surface area contributed by atoms with Gasteiger partial charge in [0.1, 0.15) is 0 Å². The lowest BCUT2D eigenvalue weighted by molar-refractivity contribution is -0.131. The van der Waals surface area contributed by atoms with Gasteiger partial charge >= 0.3 is 5.97 Å². The molecule has 0 atom stereocenters. The Balaban J connectivity index is 2.23. The number of carboxylic acids is 1. The Morgan fingerprint density at radius 3 is 2.69 bits per heavy atom. The lowest BCUT2D eigenvalue weighted by Gasteiger charge is -1.94. The maximum atomic E-state index is 10.4. The first-order valence-electron chi connectivity index (χ1n) is 4.90. The Bertz CT molecular complexity index is 512. The quantitative estimate of drug-likeness (QED) is 0.770. The number of nitrogens with one attached hydrogen (secondary N) is 1. The fraction of sp³-hybridized carbons (Fsp3) is 0. The van der Waals surface area contributed by atoms with Crippen LogP contribution in [0.25, 0.3) is 17.3 Å². The molecule has 0 saturated heterocycles. The molecule has 0 saturated carbocycles. The predicted octanol–water partition coefficient (Wildman–Crippen LogP) is 2.78. The molecule has 2 rings (SSSR count). The van der Waals surface area contributed by atoms with Crippen molar-refractivity contribution < 1.29 is 9.90 Å². The van der Waals surface area contributed by atoms with Crippen molar-refractivity contribution in [3.63, 3.8) is 0 Å². The summed E-state index contributed by atoms with van der Waals surface area (Å²) in [4.78, 5) is 13.5. The molecule has 0 spiro atoms. The van der Waals surface area contributed by atoms with Gasteiger partial charge in [-0.3, -0.25) is 0 Å². The Morgan fingerprint density at radius 1 is 1.25 bits per heavy atom. The van der Waals surface area contributed by atoms with E-state index in [4.69, 9.17) is 5.11 Å². The van der Waals surface area contributed by atoms with Crippen LogP contribution >= 0.6 is 0 Å². The first-order chi connectivity index (χ1) is 7.75. The fourth-order valence-corrected chi connectivity index (χ4v) is 1.46. The Hall–Kier alpha value is -2.29. The zero-order valence-electron chi connectivity index (χ0n) is 8.55. The zero-order chi connectivity index (χ0) is 11.4. The van der Waals surface area contributed by atoms with Crippen molar-refractivity contribution in [2.45, 2.75) is 0 Å². The smallest absolute Gasteiger partial charge is 0.328 e. The molecule has 0 aliphatic carbocycles. The van der Waals surface area contributed by atoms with Crippen molar-refractivity contribution in [1.29, 1.82) is 0 Å². The third-order valence-electron chi connectivity index (χ3n) is 2.21. The summed E-state index contributed by atoms with van der Waals surface area (Å²) >= 11 is 0. The first kappa shape index (κ1) is 10.2. The summed E-state index contributed by atoms with van der Waals surface area (Å²) in [6.07, 6.45) is 4.46. The number of benzene rings is 1. The van der Waals surface area contributed by atoms with Gasteiger partial charge in [-0.25, -0.2) is 4.79 Å². The molecule has 1 heterocycles. The number of aromatic amines is 1. The van der Waals surface area contributed by atoms with Gasteiger partial charge in [-0.15, -0.1) is 0 Å². The number of carboxylic acid groups (broad SMARTS) is 1. The molecule has 0 aliphatic rings. The molecule has 0 bridgehead atoms. The van der Waals surface area contributed by atoms with E-state index in [0.29, 0.717) is 0 Å². The number of H-pyrrole nitrogens is 1. The minimum Gasteiger partial charge on any atom is -0.478 e. The van der Waals surface area contributed by atoms with Gasteiger partial charge in [0, 0.05) is 18.0 Å². The number of aliphatic carboxylic acids is 1. The van der Waals surface area contributed by atoms with Gasteiger partial charge in [-0.2, -0.15) is 0 Å². The topological polar surface area (TPSA) is 53.1 Å². The van der Waals surface area contributed by atoms with Crippen LogP contribution in [-0.2, 0) is 4.79 Å². The molecular weight excluding hydrogens is 202 g/mol. The van der Waals surface area contributed by atoms with Crippen molar-refractivity contribution in [1.82, 2.24) is 4.98 Å². The fourth-order valence-electron chi connectivity index (χ4n) is 1.46. The summed E-state index contributed by atoms with van der Waals surface area (Å²) in [7, 11) is 0. The van der Waals surface area contributed by atoms with Gasteiger partial charge in [0.05, 0.1) is 0 Å². The van der Waals surface area contributed by atoms with Crippen LogP contribution in [0.3, 0.4) is 0 Å². The molecule has 1 aromatic heterocycles. The monoisotopic (exact) mass is 213 g/mol. The molecule has 80 valence electrons. The van der Waals surface area contributed by atoms with Gasteiger partial charge in [-0.1, -0.05) is 30.3 Å². The van der Waals surface area contributed by atoms with Crippen LogP contribution in [0, 0.1) is 0 Å². The average Bonchev–Trinajstić information content (AvgIpc) is 2.76. The summed E-state index contributed by atoms with van der Waals surface area (Å²) in [6.45, 7) is 0. The Kier molecular flexibility index (Phi) is 2.87. The standard InChI is InChI=1S/C13H11NO2/c15-13(16)7-6-10-8-12(14-9-10)11-4-2-1-3-5-11/h1-9,14H,(H,15,16)/b7-6+. The van der Waals surface area contributed by atoms with Gasteiger partial charge < -0.3 is 10.1 Å². The van der Waals surface area contributed by atoms with Gasteiger partial charge in [0.25, 0.3) is 0 Å². The Labute approximate surface area is 93.1 Å². The Morgan fingerprint density at radius 2 is 2.00 bits per heavy atom. The van der Waals surface area contributed by atoms with E-state index in [9.17, 15) is 4.79 Å². The van der Waals surface area contributed by atoms with Crippen molar-refractivity contribution in [2.24, 2.45) is 0 Å². The van der Waals surface area contributed by atoms with E-state index >= 15 is 0 Å². The number of hydrogen-bond acceptors (Lipinski definition) is 1. The summed E-state index contributed by atoms with van der Waals surface area (Å²) in [5, 5.41) is 8.50. The van der Waals surface area contributed by atoms with Crippen LogP contribution in [-0.4, -0.2) is 16.1 Å². The molecule has 3 nitrogen and oxygen atoms in total. The molecule has 1 aromatic carbocycles. The van der Waals surface area contributed by atoms with E-state index in [1.54, 1.807) is 12.3 Å². The predicted molar refractivity (Wildman–Crippen MR) is 62.9 cm³/mol. The van der Waals surface area contributed by atoms with Gasteiger partial charge in [-0.05, 0) is 23.3 Å². The molecule has 0 unspecified atom stereocenters. The second-order valence-corrected chi connectivity index (χ2v) is 3.38. The molecule has 3 heteroatoms. The van der Waals surface area contributed by atoms with Crippen LogP contribution in [0.2, 0.25) is 0 Å². The number of carbonyl (C=O) groups is 1. The highest BCUT2D eigenvalue weighted by Gasteiger charge is 1.99. The van der Waals surface area contributed by atoms with Gasteiger partial charge in [0.2, 0.25) is 0 Å². The molecule has 0 fully saturated rings. The van der Waals surface area contributed by atoms with Crippen molar-refractivity contribution in [3.05, 3.63) is 54.2 Å². The highest BCUT2D eigenvalue weighted by atomic mass is 16.4. The molecule has 16 heavy (non-hydrogen) atoms. The van der Waals surface area contributed by atoms with Crippen LogP contribution in [0.5, 0.6) is 0 Å². The van der Waals surface area contributed by atoms with E-state index in [2.05, 4.69) is 4.98 Å². The van der Waals surface area contributed by atoms with E-state index in [-0.39, 0.29) is 0 Å². The average molecular weight is 213 g/mol. The molecular formula is C13H11NO2. The van der Waals surface area contributed by atoms with Gasteiger partial charge in [0.15, 0.2) is 0 Å². The normalized spacial score (nSPS) is 10.8. The van der Waals surface area contributed by atoms with E-state index < -0.39 is 5.97 Å². The molecule has 0 radical (unpaired) electrons. The van der Waals surface area contributed by atoms with Crippen molar-refractivity contribution in [3.8, 4) is 11.3 Å². The van der Waals surface area contributed by atoms with E-state index in [1.807, 2.05) is 36.4 Å². The molecule has 2 N–H and O–H groups in total. The van der Waals surface area contributed by atoms with Crippen LogP contribution in [0.4, 0.5) is 0 Å². The minimum absolute atomic E-state index is 0.848. The summed E-state index contributed by atoms with van der Waals surface area (Å²) in [5.74, 6) is -0.942. The summed E-state index contributed by atoms with van der Waals surface area (Å²) in [6, 6.07) is 11.8. The van der Waals surface area contributed by atoms with Crippen LogP contribution in [0.1, 0.15) is 5.56 Å². The second-order valence-electron chi connectivity index (χ2n) is 3.38. The second kappa shape index (κ2) is 4.49.